The molecule has 150 valence electrons. The lowest BCUT2D eigenvalue weighted by Crippen LogP contribution is -2.41. The second-order valence-corrected chi connectivity index (χ2v) is 7.43. The Morgan fingerprint density at radius 3 is 2.24 bits per heavy atom. The summed E-state index contributed by atoms with van der Waals surface area (Å²) in [6.45, 7) is 1.17. The zero-order chi connectivity index (χ0) is 20.8. The summed E-state index contributed by atoms with van der Waals surface area (Å²) in [4.78, 5) is 38.5. The van der Waals surface area contributed by atoms with Crippen LogP contribution in [0.4, 0.5) is 5.69 Å². The normalized spacial score (nSPS) is 14.7. The number of nitrogens with zero attached hydrogens (tertiary/aromatic N) is 2. The van der Waals surface area contributed by atoms with Crippen LogP contribution in [-0.4, -0.2) is 34.7 Å². The van der Waals surface area contributed by atoms with Gasteiger partial charge in [0.1, 0.15) is 5.70 Å². The fourth-order valence-electron chi connectivity index (χ4n) is 3.19. The predicted octanol–water partition coefficient (Wildman–Crippen LogP) is 4.10. The van der Waals surface area contributed by atoms with Gasteiger partial charge in [0.15, 0.2) is 0 Å². The summed E-state index contributed by atoms with van der Waals surface area (Å²) in [5.41, 5.74) is 0.456. The Hall–Kier alpha value is -3.00. The SMILES string of the molecule is O=C(N/C(C(=O)N1CCCCC1)=C(\Br)c1ccccc1[N+](=O)[O-])c1ccccc1. The number of amides is 2. The van der Waals surface area contributed by atoms with Crippen LogP contribution in [0.1, 0.15) is 35.2 Å². The van der Waals surface area contributed by atoms with Crippen molar-refractivity contribution in [2.75, 3.05) is 13.1 Å². The molecule has 2 aromatic carbocycles. The van der Waals surface area contributed by atoms with E-state index in [4.69, 9.17) is 0 Å². The highest BCUT2D eigenvalue weighted by Crippen LogP contribution is 2.32. The third-order valence-corrected chi connectivity index (χ3v) is 5.51. The van der Waals surface area contributed by atoms with Crippen molar-refractivity contribution in [3.8, 4) is 0 Å². The Morgan fingerprint density at radius 1 is 0.966 bits per heavy atom. The highest BCUT2D eigenvalue weighted by Gasteiger charge is 2.27. The van der Waals surface area contributed by atoms with Gasteiger partial charge in [0, 0.05) is 24.7 Å². The average Bonchev–Trinajstić information content (AvgIpc) is 2.77. The van der Waals surface area contributed by atoms with Crippen molar-refractivity contribution in [1.82, 2.24) is 10.2 Å². The van der Waals surface area contributed by atoms with Gasteiger partial charge >= 0.3 is 0 Å². The monoisotopic (exact) mass is 457 g/mol. The number of nitro benzene ring substituents is 1. The first-order valence-electron chi connectivity index (χ1n) is 9.28. The van der Waals surface area contributed by atoms with Gasteiger partial charge in [0.05, 0.1) is 15.0 Å². The molecule has 0 atom stereocenters. The van der Waals surface area contributed by atoms with Crippen LogP contribution in [-0.2, 0) is 4.79 Å². The van der Waals surface area contributed by atoms with Crippen molar-refractivity contribution in [1.29, 1.82) is 0 Å². The van der Waals surface area contributed by atoms with Crippen molar-refractivity contribution in [2.24, 2.45) is 0 Å². The highest BCUT2D eigenvalue weighted by molar-refractivity contribution is 9.15. The van der Waals surface area contributed by atoms with Crippen LogP contribution in [0.15, 0.2) is 60.3 Å². The third kappa shape index (κ3) is 4.89. The molecule has 3 rings (SSSR count). The summed E-state index contributed by atoms with van der Waals surface area (Å²) >= 11 is 3.35. The second kappa shape index (κ2) is 9.47. The summed E-state index contributed by atoms with van der Waals surface area (Å²) in [6, 6.07) is 14.6. The number of hydrogen-bond donors (Lipinski definition) is 1. The number of hydrogen-bond acceptors (Lipinski definition) is 4. The van der Waals surface area contributed by atoms with Crippen LogP contribution in [0.3, 0.4) is 0 Å². The van der Waals surface area contributed by atoms with Crippen LogP contribution in [0, 0.1) is 10.1 Å². The Bertz CT molecular complexity index is 953. The van der Waals surface area contributed by atoms with Crippen LogP contribution < -0.4 is 5.32 Å². The Kier molecular flexibility index (Phi) is 6.77. The standard InChI is InChI=1S/C21H20BrN3O4/c22-18(16-11-5-6-12-17(16)25(28)29)19(21(27)24-13-7-2-8-14-24)23-20(26)15-9-3-1-4-10-15/h1,3-6,9-12H,2,7-8,13-14H2,(H,23,26)/b19-18-. The first kappa shape index (κ1) is 20.7. The van der Waals surface area contributed by atoms with E-state index in [9.17, 15) is 19.7 Å². The highest BCUT2D eigenvalue weighted by atomic mass is 79.9. The molecule has 1 heterocycles. The zero-order valence-corrected chi connectivity index (χ0v) is 17.2. The number of nitro groups is 1. The van der Waals surface area contributed by atoms with E-state index in [0.29, 0.717) is 18.7 Å². The molecule has 7 nitrogen and oxygen atoms in total. The molecule has 1 saturated heterocycles. The van der Waals surface area contributed by atoms with Crippen LogP contribution in [0.2, 0.25) is 0 Å². The molecule has 1 aliphatic rings. The molecule has 0 unspecified atom stereocenters. The molecule has 0 saturated carbocycles. The van der Waals surface area contributed by atoms with Gasteiger partial charge in [-0.2, -0.15) is 0 Å². The van der Waals surface area contributed by atoms with E-state index < -0.39 is 10.8 Å². The molecule has 1 aliphatic heterocycles. The van der Waals surface area contributed by atoms with Gasteiger partial charge in [-0.1, -0.05) is 30.3 Å². The van der Waals surface area contributed by atoms with Gasteiger partial charge in [0.2, 0.25) is 0 Å². The first-order chi connectivity index (χ1) is 14.0. The van der Waals surface area contributed by atoms with E-state index in [1.165, 1.54) is 6.07 Å². The largest absolute Gasteiger partial charge is 0.337 e. The minimum Gasteiger partial charge on any atom is -0.337 e. The quantitative estimate of drug-likeness (QED) is 0.415. The predicted molar refractivity (Wildman–Crippen MR) is 113 cm³/mol. The number of likely N-dealkylation sites (tertiary alicyclic amines) is 1. The molecule has 0 aromatic heterocycles. The van der Waals surface area contributed by atoms with Gasteiger partial charge in [-0.3, -0.25) is 19.7 Å². The fourth-order valence-corrected chi connectivity index (χ4v) is 3.79. The number of halogens is 1. The number of carbonyl (C=O) groups excluding carboxylic acids is 2. The Balaban J connectivity index is 2.04. The lowest BCUT2D eigenvalue weighted by molar-refractivity contribution is -0.385. The minimum absolute atomic E-state index is 0.00458. The topological polar surface area (TPSA) is 92.6 Å². The van der Waals surface area contributed by atoms with Gasteiger partial charge < -0.3 is 10.2 Å². The summed E-state index contributed by atoms with van der Waals surface area (Å²) < 4.78 is 0.185. The molecule has 0 bridgehead atoms. The van der Waals surface area contributed by atoms with E-state index in [1.807, 2.05) is 0 Å². The molecule has 1 N–H and O–H groups in total. The zero-order valence-electron chi connectivity index (χ0n) is 15.6. The van der Waals surface area contributed by atoms with E-state index in [1.54, 1.807) is 53.4 Å². The maximum Gasteiger partial charge on any atom is 0.277 e. The van der Waals surface area contributed by atoms with Gasteiger partial charge in [0.25, 0.3) is 17.5 Å². The Labute approximate surface area is 176 Å². The van der Waals surface area contributed by atoms with Crippen LogP contribution in [0.5, 0.6) is 0 Å². The lowest BCUT2D eigenvalue weighted by Gasteiger charge is -2.28. The molecule has 0 radical (unpaired) electrons. The van der Waals surface area contributed by atoms with Gasteiger partial charge in [-0.25, -0.2) is 0 Å². The maximum atomic E-state index is 13.2. The van der Waals surface area contributed by atoms with E-state index in [2.05, 4.69) is 21.2 Å². The van der Waals surface area contributed by atoms with Gasteiger partial charge in [-0.15, -0.1) is 0 Å². The number of para-hydroxylation sites is 1. The molecular formula is C21H20BrN3O4. The van der Waals surface area contributed by atoms with Crippen molar-refractivity contribution in [3.05, 3.63) is 81.5 Å². The van der Waals surface area contributed by atoms with E-state index in [-0.39, 0.29) is 27.3 Å². The number of rotatable bonds is 5. The number of nitrogens with one attached hydrogen (secondary N) is 1. The molecule has 2 aromatic rings. The molecule has 29 heavy (non-hydrogen) atoms. The summed E-state index contributed by atoms with van der Waals surface area (Å²) in [7, 11) is 0. The van der Waals surface area contributed by atoms with Crippen molar-refractivity contribution < 1.29 is 14.5 Å². The summed E-state index contributed by atoms with van der Waals surface area (Å²) in [6.07, 6.45) is 2.81. The summed E-state index contributed by atoms with van der Waals surface area (Å²) in [5.74, 6) is -0.819. The van der Waals surface area contributed by atoms with Crippen molar-refractivity contribution in [3.63, 3.8) is 0 Å². The average molecular weight is 458 g/mol. The minimum atomic E-state index is -0.515. The third-order valence-electron chi connectivity index (χ3n) is 4.69. The second-order valence-electron chi connectivity index (χ2n) is 6.64. The summed E-state index contributed by atoms with van der Waals surface area (Å²) in [5, 5.41) is 14.1. The molecule has 0 aliphatic carbocycles. The van der Waals surface area contributed by atoms with Gasteiger partial charge in [-0.05, 0) is 53.4 Å². The van der Waals surface area contributed by atoms with Crippen molar-refractivity contribution >= 4 is 37.9 Å². The maximum absolute atomic E-state index is 13.2. The number of benzene rings is 2. The fraction of sp³-hybridized carbons (Fsp3) is 0.238. The first-order valence-corrected chi connectivity index (χ1v) is 10.1. The Morgan fingerprint density at radius 2 is 1.59 bits per heavy atom. The number of piperidine rings is 1. The van der Waals surface area contributed by atoms with Crippen LogP contribution >= 0.6 is 15.9 Å². The molecule has 1 fully saturated rings. The number of carbonyl (C=O) groups is 2. The van der Waals surface area contributed by atoms with E-state index >= 15 is 0 Å². The molecule has 8 heteroatoms. The van der Waals surface area contributed by atoms with Crippen molar-refractivity contribution in [2.45, 2.75) is 19.3 Å². The smallest absolute Gasteiger partial charge is 0.277 e. The van der Waals surface area contributed by atoms with E-state index in [0.717, 1.165) is 19.3 Å². The molecular weight excluding hydrogens is 438 g/mol. The molecule has 2 amide bonds. The lowest BCUT2D eigenvalue weighted by atomic mass is 10.1. The van der Waals surface area contributed by atoms with Crippen LogP contribution in [0.25, 0.3) is 4.48 Å². The molecule has 0 spiro atoms.